The van der Waals surface area contributed by atoms with Gasteiger partial charge in [-0.2, -0.15) is 8.78 Å². The minimum atomic E-state index is -1.74. The first kappa shape index (κ1) is 60.9. The molecule has 0 heterocycles. The number of aliphatic hydroxyl groups excluding tert-OH is 1. The molecule has 3 aromatic rings. The van der Waals surface area contributed by atoms with E-state index in [9.17, 15) is 22.7 Å². The lowest BCUT2D eigenvalue weighted by Crippen LogP contribution is -2.35. The molecule has 0 fully saturated rings. The van der Waals surface area contributed by atoms with Gasteiger partial charge in [0.2, 0.25) is 11.6 Å². The largest absolute Gasteiger partial charge is 0.459 e. The summed E-state index contributed by atoms with van der Waals surface area (Å²) in [6.07, 6.45) is 6.33. The SMILES string of the molecule is OC(CCOCCOCCOCCOCCOCCOCCOCCOCCOCCOCCOCCOCCOC(C1=CC=CCC1)(c1ccccc1)c1ccc(Cl)cc1)Oc1c(F)c(F)cc(F)c1F. The molecule has 1 N–H and O–H groups in total. The molecule has 0 bridgehead atoms. The summed E-state index contributed by atoms with van der Waals surface area (Å²) in [5, 5.41) is 10.4. The van der Waals surface area contributed by atoms with E-state index in [-0.39, 0.29) is 32.3 Å². The van der Waals surface area contributed by atoms with Gasteiger partial charge in [0.05, 0.1) is 165 Å². The molecule has 2 atom stereocenters. The molecule has 1 aliphatic rings. The number of allylic oxidation sites excluding steroid dienone is 3. The van der Waals surface area contributed by atoms with Crippen LogP contribution in [0.25, 0.3) is 0 Å². The molecule has 72 heavy (non-hydrogen) atoms. The number of hydrogen-bond donors (Lipinski definition) is 1. The smallest absolute Gasteiger partial charge is 0.204 e. The fourth-order valence-electron chi connectivity index (χ4n) is 6.86. The molecule has 1 aliphatic carbocycles. The van der Waals surface area contributed by atoms with Crippen LogP contribution in [0.1, 0.15) is 30.4 Å². The molecular weight excluding hydrogens is 976 g/mol. The van der Waals surface area contributed by atoms with Crippen LogP contribution in [0.15, 0.2) is 84.5 Å². The summed E-state index contributed by atoms with van der Waals surface area (Å²) in [5.41, 5.74) is 2.53. The van der Waals surface area contributed by atoms with Crippen molar-refractivity contribution in [2.24, 2.45) is 0 Å². The van der Waals surface area contributed by atoms with Crippen molar-refractivity contribution in [3.63, 3.8) is 0 Å². The first-order valence-corrected chi connectivity index (χ1v) is 24.6. The summed E-state index contributed by atoms with van der Waals surface area (Å²) in [5.74, 6) is -8.08. The minimum Gasteiger partial charge on any atom is -0.459 e. The molecule has 0 saturated carbocycles. The van der Waals surface area contributed by atoms with Crippen LogP contribution in [0.2, 0.25) is 5.02 Å². The number of hydrogen-bond acceptors (Lipinski definition) is 15. The standard InChI is InChI=1S/C52H71ClF4O15/c53-45-13-11-44(12-14-45)52(42-7-3-1-4-8-42,43-9-5-2-6-10-43)71-40-39-70-38-37-69-36-35-68-34-33-67-32-31-66-30-29-65-28-27-64-26-25-63-24-23-62-22-21-61-20-19-60-18-17-59-16-15-48(58)72-51-49(56)46(54)41-47(55)50(51)57/h1-5,7-9,11-14,41,48,58H,6,10,15-40H2. The van der Waals surface area contributed by atoms with E-state index < -0.39 is 40.9 Å². The van der Waals surface area contributed by atoms with Crippen molar-refractivity contribution in [3.8, 4) is 5.75 Å². The Labute approximate surface area is 425 Å². The third-order valence-corrected chi connectivity index (χ3v) is 10.6. The molecule has 0 aromatic heterocycles. The number of halogens is 5. The molecule has 20 heteroatoms. The highest BCUT2D eigenvalue weighted by molar-refractivity contribution is 6.30. The highest BCUT2D eigenvalue weighted by Crippen LogP contribution is 2.43. The van der Waals surface area contributed by atoms with Crippen LogP contribution >= 0.6 is 11.6 Å². The molecule has 15 nitrogen and oxygen atoms in total. The fraction of sp³-hybridized carbons (Fsp3) is 0.577. The van der Waals surface area contributed by atoms with Gasteiger partial charge in [0.1, 0.15) is 5.60 Å². The first-order chi connectivity index (χ1) is 35.3. The molecule has 2 unspecified atom stereocenters. The van der Waals surface area contributed by atoms with Crippen LogP contribution in [0.5, 0.6) is 5.75 Å². The average Bonchev–Trinajstić information content (AvgIpc) is 3.39. The number of rotatable bonds is 45. The van der Waals surface area contributed by atoms with Gasteiger partial charge in [-0.15, -0.1) is 0 Å². The van der Waals surface area contributed by atoms with Crippen molar-refractivity contribution in [1.82, 2.24) is 0 Å². The summed E-state index contributed by atoms with van der Waals surface area (Å²) < 4.78 is 131. The molecule has 0 spiro atoms. The van der Waals surface area contributed by atoms with E-state index in [0.29, 0.717) is 150 Å². The second-order valence-electron chi connectivity index (χ2n) is 15.6. The van der Waals surface area contributed by atoms with Gasteiger partial charge in [0.15, 0.2) is 23.7 Å². The van der Waals surface area contributed by atoms with E-state index in [1.165, 1.54) is 5.57 Å². The topological polar surface area (TPSA) is 149 Å². The number of benzene rings is 3. The van der Waals surface area contributed by atoms with Crippen LogP contribution in [0.4, 0.5) is 17.6 Å². The monoisotopic (exact) mass is 1050 g/mol. The van der Waals surface area contributed by atoms with Crippen molar-refractivity contribution in [1.29, 1.82) is 0 Å². The Morgan fingerprint density at radius 2 is 0.833 bits per heavy atom. The fourth-order valence-corrected chi connectivity index (χ4v) is 6.98. The zero-order valence-corrected chi connectivity index (χ0v) is 41.7. The highest BCUT2D eigenvalue weighted by Gasteiger charge is 2.39. The Bertz CT molecular complexity index is 1880. The molecule has 0 aliphatic heterocycles. The van der Waals surface area contributed by atoms with Crippen LogP contribution in [-0.2, 0) is 67.2 Å². The maximum absolute atomic E-state index is 13.6. The predicted octanol–water partition coefficient (Wildman–Crippen LogP) is 7.42. The zero-order chi connectivity index (χ0) is 51.2. The molecule has 404 valence electrons. The lowest BCUT2D eigenvalue weighted by atomic mass is 9.77. The van der Waals surface area contributed by atoms with Crippen LogP contribution in [0.3, 0.4) is 0 Å². The van der Waals surface area contributed by atoms with Crippen molar-refractivity contribution in [2.45, 2.75) is 31.2 Å². The van der Waals surface area contributed by atoms with Crippen LogP contribution in [-0.4, -0.2) is 177 Å². The summed E-state index contributed by atoms with van der Waals surface area (Å²) in [4.78, 5) is 0. The van der Waals surface area contributed by atoms with Gasteiger partial charge in [-0.3, -0.25) is 0 Å². The highest BCUT2D eigenvalue weighted by atomic mass is 35.5. The van der Waals surface area contributed by atoms with Crippen LogP contribution in [0, 0.1) is 23.3 Å². The Balaban J connectivity index is 0.815. The second kappa shape index (κ2) is 38.9. The Kier molecular flexibility index (Phi) is 32.9. The Morgan fingerprint density at radius 3 is 1.21 bits per heavy atom. The summed E-state index contributed by atoms with van der Waals surface area (Å²) in [7, 11) is 0. The molecule has 0 radical (unpaired) electrons. The van der Waals surface area contributed by atoms with Crippen molar-refractivity contribution in [2.75, 3.05) is 165 Å². The lowest BCUT2D eigenvalue weighted by Gasteiger charge is -2.38. The Morgan fingerprint density at radius 1 is 0.472 bits per heavy atom. The maximum Gasteiger partial charge on any atom is 0.204 e. The third kappa shape index (κ3) is 24.6. The maximum atomic E-state index is 13.6. The van der Waals surface area contributed by atoms with E-state index >= 15 is 0 Å². The molecule has 3 aromatic carbocycles. The third-order valence-electron chi connectivity index (χ3n) is 10.4. The van der Waals surface area contributed by atoms with Gasteiger partial charge >= 0.3 is 0 Å². The number of aliphatic hydroxyl groups is 1. The van der Waals surface area contributed by atoms with Crippen LogP contribution < -0.4 is 4.74 Å². The predicted molar refractivity (Wildman–Crippen MR) is 258 cm³/mol. The molecule has 0 amide bonds. The normalized spacial score (nSPS) is 13.9. The van der Waals surface area contributed by atoms with Crippen molar-refractivity contribution >= 4 is 11.6 Å². The van der Waals surface area contributed by atoms with Gasteiger partial charge in [-0.1, -0.05) is 72.3 Å². The quantitative estimate of drug-likeness (QED) is 0.0259. The summed E-state index contributed by atoms with van der Waals surface area (Å²) >= 11 is 6.27. The van der Waals surface area contributed by atoms with Gasteiger partial charge in [-0.25, -0.2) is 8.78 Å². The Hall–Kier alpha value is -3.61. The van der Waals surface area contributed by atoms with Gasteiger partial charge in [0, 0.05) is 17.5 Å². The second-order valence-corrected chi connectivity index (χ2v) is 16.0. The summed E-state index contributed by atoms with van der Waals surface area (Å²) in [6, 6.07) is 18.2. The first-order valence-electron chi connectivity index (χ1n) is 24.2. The molecule has 0 saturated heterocycles. The van der Waals surface area contributed by atoms with Crippen molar-refractivity contribution in [3.05, 3.63) is 124 Å². The lowest BCUT2D eigenvalue weighted by molar-refractivity contribution is -0.0526. The van der Waals surface area contributed by atoms with Crippen molar-refractivity contribution < 1.29 is 89.0 Å². The van der Waals surface area contributed by atoms with E-state index in [1.54, 1.807) is 0 Å². The zero-order valence-electron chi connectivity index (χ0n) is 40.9. The molecule has 4 rings (SSSR count). The minimum absolute atomic E-state index is 0.0480. The van der Waals surface area contributed by atoms with Gasteiger partial charge in [0.25, 0.3) is 0 Å². The van der Waals surface area contributed by atoms with Gasteiger partial charge in [-0.05, 0) is 41.7 Å². The number of ether oxygens (including phenoxy) is 14. The van der Waals surface area contributed by atoms with Gasteiger partial charge < -0.3 is 71.4 Å². The van der Waals surface area contributed by atoms with E-state index in [4.69, 9.17) is 73.2 Å². The molecular formula is C52H71ClF4O15. The van der Waals surface area contributed by atoms with E-state index in [0.717, 1.165) is 24.0 Å². The average molecular weight is 1050 g/mol. The summed E-state index contributed by atoms with van der Waals surface area (Å²) in [6.45, 7) is 9.74. The van der Waals surface area contributed by atoms with E-state index in [2.05, 4.69) is 35.1 Å². The van der Waals surface area contributed by atoms with E-state index in [1.807, 2.05) is 42.5 Å².